The Morgan fingerprint density at radius 3 is 2.54 bits per heavy atom. The van der Waals surface area contributed by atoms with Crippen LogP contribution in [0.3, 0.4) is 0 Å². The van der Waals surface area contributed by atoms with Crippen LogP contribution in [-0.2, 0) is 0 Å². The minimum Gasteiger partial charge on any atom is -0.334 e. The maximum absolute atomic E-state index is 13.3. The normalized spacial score (nSPS) is 10.9. The molecule has 0 amide bonds. The molecule has 0 fully saturated rings. The van der Waals surface area contributed by atoms with Crippen LogP contribution in [0.15, 0.2) is 58.4 Å². The molecule has 2 aromatic heterocycles. The van der Waals surface area contributed by atoms with Crippen molar-refractivity contribution in [2.24, 2.45) is 0 Å². The molecule has 0 N–H and O–H groups in total. The Bertz CT molecular complexity index is 1010. The highest BCUT2D eigenvalue weighted by molar-refractivity contribution is 7.09. The van der Waals surface area contributed by atoms with Crippen molar-refractivity contribution in [3.63, 3.8) is 0 Å². The molecule has 0 aliphatic carbocycles. The molecule has 6 heteroatoms. The number of halogens is 1. The van der Waals surface area contributed by atoms with Gasteiger partial charge in [0, 0.05) is 22.1 Å². The Kier molecular flexibility index (Phi) is 3.66. The molecule has 0 saturated carbocycles. The van der Waals surface area contributed by atoms with Crippen molar-refractivity contribution in [2.45, 2.75) is 6.92 Å². The van der Waals surface area contributed by atoms with E-state index >= 15 is 0 Å². The molecule has 2 heterocycles. The summed E-state index contributed by atoms with van der Waals surface area (Å²) in [5, 5.41) is 7.04. The van der Waals surface area contributed by atoms with Crippen molar-refractivity contribution in [2.75, 3.05) is 0 Å². The van der Waals surface area contributed by atoms with Crippen molar-refractivity contribution >= 4 is 11.3 Å². The summed E-state index contributed by atoms with van der Waals surface area (Å²) in [6, 6.07) is 13.9. The summed E-state index contributed by atoms with van der Waals surface area (Å²) in [5.41, 5.74) is 3.30. The Hall–Kier alpha value is -2.86. The standard InChI is InChI=1S/C18H12FN3OS/c1-11-20-16(10-24-11)12-4-2-5-13(8-12)17-21-18(23-22-17)14-6-3-7-15(19)9-14/h2-10H,1H3. The third kappa shape index (κ3) is 2.83. The van der Waals surface area contributed by atoms with Crippen LogP contribution in [0.4, 0.5) is 4.39 Å². The monoisotopic (exact) mass is 337 g/mol. The fourth-order valence-corrected chi connectivity index (χ4v) is 3.02. The van der Waals surface area contributed by atoms with Crippen molar-refractivity contribution in [3.05, 3.63) is 64.7 Å². The molecule has 0 unspecified atom stereocenters. The molecular formula is C18H12FN3OS. The summed E-state index contributed by atoms with van der Waals surface area (Å²) >= 11 is 1.61. The van der Waals surface area contributed by atoms with E-state index < -0.39 is 0 Å². The van der Waals surface area contributed by atoms with Gasteiger partial charge in [0.15, 0.2) is 0 Å². The maximum Gasteiger partial charge on any atom is 0.258 e. The number of rotatable bonds is 3. The number of benzene rings is 2. The first-order valence-electron chi connectivity index (χ1n) is 7.31. The Labute approximate surface area is 141 Å². The lowest BCUT2D eigenvalue weighted by atomic mass is 10.1. The smallest absolute Gasteiger partial charge is 0.258 e. The summed E-state index contributed by atoms with van der Waals surface area (Å²) in [4.78, 5) is 8.86. The van der Waals surface area contributed by atoms with Crippen molar-refractivity contribution in [1.29, 1.82) is 0 Å². The SMILES string of the molecule is Cc1nc(-c2cccc(-c3noc(-c4cccc(F)c4)n3)c2)cs1. The molecule has 0 saturated heterocycles. The predicted octanol–water partition coefficient (Wildman–Crippen LogP) is 4.97. The van der Waals surface area contributed by atoms with Gasteiger partial charge in [0.25, 0.3) is 5.89 Å². The third-order valence-corrected chi connectivity index (χ3v) is 4.31. The summed E-state index contributed by atoms with van der Waals surface area (Å²) in [5.74, 6) is 0.413. The minimum absolute atomic E-state index is 0.291. The zero-order valence-corrected chi connectivity index (χ0v) is 13.5. The third-order valence-electron chi connectivity index (χ3n) is 3.53. The van der Waals surface area contributed by atoms with Crippen LogP contribution in [-0.4, -0.2) is 15.1 Å². The van der Waals surface area contributed by atoms with Gasteiger partial charge in [-0.25, -0.2) is 9.37 Å². The molecule has 0 aliphatic rings. The molecule has 0 bridgehead atoms. The second kappa shape index (κ2) is 5.98. The van der Waals surface area contributed by atoms with Crippen LogP contribution >= 0.6 is 11.3 Å². The van der Waals surface area contributed by atoms with Gasteiger partial charge in [-0.15, -0.1) is 11.3 Å². The van der Waals surface area contributed by atoms with Crippen LogP contribution < -0.4 is 0 Å². The summed E-state index contributed by atoms with van der Waals surface area (Å²) in [6.45, 7) is 1.97. The van der Waals surface area contributed by atoms with Gasteiger partial charge >= 0.3 is 0 Å². The van der Waals surface area contributed by atoms with Gasteiger partial charge in [-0.1, -0.05) is 29.4 Å². The van der Waals surface area contributed by atoms with Crippen LogP contribution in [0.5, 0.6) is 0 Å². The van der Waals surface area contributed by atoms with E-state index in [9.17, 15) is 4.39 Å². The van der Waals surface area contributed by atoms with E-state index in [1.54, 1.807) is 23.5 Å². The van der Waals surface area contributed by atoms with Gasteiger partial charge in [0.2, 0.25) is 5.82 Å². The number of aryl methyl sites for hydroxylation is 1. The van der Waals surface area contributed by atoms with E-state index in [1.807, 2.05) is 36.6 Å². The molecule has 4 nitrogen and oxygen atoms in total. The fourth-order valence-electron chi connectivity index (χ4n) is 2.39. The van der Waals surface area contributed by atoms with Crippen molar-refractivity contribution < 1.29 is 8.91 Å². The number of hydrogen-bond donors (Lipinski definition) is 0. The number of thiazole rings is 1. The van der Waals surface area contributed by atoms with Gasteiger partial charge < -0.3 is 4.52 Å². The molecule has 2 aromatic carbocycles. The molecule has 118 valence electrons. The lowest BCUT2D eigenvalue weighted by molar-refractivity contribution is 0.432. The molecule has 0 aliphatic heterocycles. The molecule has 4 rings (SSSR count). The molecular weight excluding hydrogens is 325 g/mol. The average molecular weight is 337 g/mol. The largest absolute Gasteiger partial charge is 0.334 e. The van der Waals surface area contributed by atoms with Crippen LogP contribution in [0.25, 0.3) is 34.1 Å². The lowest BCUT2D eigenvalue weighted by Crippen LogP contribution is -1.84. The zero-order valence-electron chi connectivity index (χ0n) is 12.7. The maximum atomic E-state index is 13.3. The predicted molar refractivity (Wildman–Crippen MR) is 91.0 cm³/mol. The highest BCUT2D eigenvalue weighted by Gasteiger charge is 2.12. The second-order valence-corrected chi connectivity index (χ2v) is 6.33. The minimum atomic E-state index is -0.340. The van der Waals surface area contributed by atoms with E-state index in [0.29, 0.717) is 17.3 Å². The molecule has 0 atom stereocenters. The summed E-state index contributed by atoms with van der Waals surface area (Å²) in [7, 11) is 0. The van der Waals surface area contributed by atoms with Gasteiger partial charge in [-0.2, -0.15) is 4.98 Å². The van der Waals surface area contributed by atoms with E-state index in [4.69, 9.17) is 4.52 Å². The first kappa shape index (κ1) is 14.7. The molecule has 4 aromatic rings. The van der Waals surface area contributed by atoms with Crippen molar-refractivity contribution in [3.8, 4) is 34.1 Å². The quantitative estimate of drug-likeness (QED) is 0.529. The van der Waals surface area contributed by atoms with E-state index in [0.717, 1.165) is 21.8 Å². The Balaban J connectivity index is 1.70. The molecule has 0 spiro atoms. The molecule has 24 heavy (non-hydrogen) atoms. The Morgan fingerprint density at radius 1 is 0.958 bits per heavy atom. The lowest BCUT2D eigenvalue weighted by Gasteiger charge is -1.99. The summed E-state index contributed by atoms with van der Waals surface area (Å²) < 4.78 is 18.6. The number of aromatic nitrogens is 3. The zero-order chi connectivity index (χ0) is 16.5. The van der Waals surface area contributed by atoms with Crippen LogP contribution in [0.1, 0.15) is 5.01 Å². The van der Waals surface area contributed by atoms with Gasteiger partial charge in [-0.3, -0.25) is 0 Å². The molecule has 0 radical (unpaired) electrons. The summed E-state index contributed by atoms with van der Waals surface area (Å²) in [6.07, 6.45) is 0. The fraction of sp³-hybridized carbons (Fsp3) is 0.0556. The Morgan fingerprint density at radius 2 is 1.75 bits per heavy atom. The van der Waals surface area contributed by atoms with E-state index in [2.05, 4.69) is 15.1 Å². The number of hydrogen-bond acceptors (Lipinski definition) is 5. The first-order valence-corrected chi connectivity index (χ1v) is 8.19. The van der Waals surface area contributed by atoms with Gasteiger partial charge in [0.05, 0.1) is 10.7 Å². The van der Waals surface area contributed by atoms with Gasteiger partial charge in [-0.05, 0) is 31.2 Å². The topological polar surface area (TPSA) is 51.8 Å². The number of nitrogens with zero attached hydrogens (tertiary/aromatic N) is 3. The average Bonchev–Trinajstić information content (AvgIpc) is 3.24. The first-order chi connectivity index (χ1) is 11.7. The van der Waals surface area contributed by atoms with Gasteiger partial charge in [0.1, 0.15) is 5.82 Å². The van der Waals surface area contributed by atoms with E-state index in [1.165, 1.54) is 12.1 Å². The van der Waals surface area contributed by atoms with Crippen LogP contribution in [0.2, 0.25) is 0 Å². The second-order valence-electron chi connectivity index (χ2n) is 5.27. The van der Waals surface area contributed by atoms with Crippen molar-refractivity contribution in [1.82, 2.24) is 15.1 Å². The van der Waals surface area contributed by atoms with Crippen LogP contribution in [0, 0.1) is 12.7 Å². The highest BCUT2D eigenvalue weighted by atomic mass is 32.1. The van der Waals surface area contributed by atoms with E-state index in [-0.39, 0.29) is 5.82 Å². The highest BCUT2D eigenvalue weighted by Crippen LogP contribution is 2.27.